The highest BCUT2D eigenvalue weighted by Crippen LogP contribution is 2.31. The van der Waals surface area contributed by atoms with Crippen LogP contribution in [0.2, 0.25) is 0 Å². The van der Waals surface area contributed by atoms with Gasteiger partial charge >= 0.3 is 0 Å². The first kappa shape index (κ1) is 12.7. The molecule has 0 aromatic carbocycles. The molecule has 0 amide bonds. The summed E-state index contributed by atoms with van der Waals surface area (Å²) in [4.78, 5) is 1.33. The lowest BCUT2D eigenvalue weighted by molar-refractivity contribution is 0.464. The van der Waals surface area contributed by atoms with Crippen molar-refractivity contribution in [3.05, 3.63) is 20.8 Å². The van der Waals surface area contributed by atoms with Gasteiger partial charge in [0, 0.05) is 26.7 Å². The lowest BCUT2D eigenvalue weighted by Gasteiger charge is -2.24. The summed E-state index contributed by atoms with van der Waals surface area (Å²) >= 11 is 5.20. The van der Waals surface area contributed by atoms with E-state index in [2.05, 4.69) is 52.6 Å². The van der Waals surface area contributed by atoms with Crippen molar-refractivity contribution >= 4 is 27.3 Å². The first-order chi connectivity index (χ1) is 6.95. The Morgan fingerprint density at radius 3 is 2.80 bits per heavy atom. The minimum atomic E-state index is -0.0901. The highest BCUT2D eigenvalue weighted by Gasteiger charge is 2.22. The molecule has 0 radical (unpaired) electrons. The summed E-state index contributed by atoms with van der Waals surface area (Å²) in [5.74, 6) is 0. The molecule has 0 saturated heterocycles. The Labute approximate surface area is 103 Å². The topological polar surface area (TPSA) is 35.8 Å². The molecule has 15 heavy (non-hydrogen) atoms. The van der Waals surface area contributed by atoms with Gasteiger partial charge in [-0.3, -0.25) is 0 Å². The molecule has 1 rings (SSSR count). The van der Waals surface area contributed by atoms with Gasteiger partial charge in [-0.15, -0.1) is 11.3 Å². The Bertz CT molecular complexity index is 365. The number of hydrogen-bond donors (Lipinski definition) is 1. The molecule has 1 N–H and O–H groups in total. The van der Waals surface area contributed by atoms with Gasteiger partial charge in [-0.05, 0) is 28.9 Å². The van der Waals surface area contributed by atoms with Crippen LogP contribution >= 0.6 is 27.3 Å². The number of nitrogens with zero attached hydrogens (tertiary/aromatic N) is 1. The average molecular weight is 287 g/mol. The van der Waals surface area contributed by atoms with Crippen molar-refractivity contribution < 1.29 is 0 Å². The molecular formula is C11H15BrN2S. The molecule has 4 heteroatoms. The van der Waals surface area contributed by atoms with Crippen LogP contribution in [-0.4, -0.2) is 12.6 Å². The molecule has 1 aromatic heterocycles. The number of thiophene rings is 1. The van der Waals surface area contributed by atoms with Gasteiger partial charge in [0.2, 0.25) is 0 Å². The first-order valence-corrected chi connectivity index (χ1v) is 6.50. The number of nitriles is 1. The Morgan fingerprint density at radius 1 is 1.67 bits per heavy atom. The van der Waals surface area contributed by atoms with E-state index in [1.165, 1.54) is 4.88 Å². The lowest BCUT2D eigenvalue weighted by atomic mass is 9.91. The molecule has 0 bridgehead atoms. The Kier molecular flexibility index (Phi) is 4.32. The molecule has 1 aromatic rings. The third-order valence-electron chi connectivity index (χ3n) is 2.28. The summed E-state index contributed by atoms with van der Waals surface area (Å²) in [5, 5.41) is 14.0. The van der Waals surface area contributed by atoms with Gasteiger partial charge in [0.25, 0.3) is 0 Å². The van der Waals surface area contributed by atoms with Crippen molar-refractivity contribution in [3.8, 4) is 6.07 Å². The molecule has 0 saturated carbocycles. The molecule has 1 atom stereocenters. The van der Waals surface area contributed by atoms with Crippen LogP contribution in [-0.2, 0) is 5.41 Å². The third kappa shape index (κ3) is 3.60. The fourth-order valence-corrected chi connectivity index (χ4v) is 2.76. The van der Waals surface area contributed by atoms with Gasteiger partial charge in [-0.25, -0.2) is 0 Å². The Balaban J connectivity index is 2.64. The summed E-state index contributed by atoms with van der Waals surface area (Å²) in [5.41, 5.74) is 0.0712. The summed E-state index contributed by atoms with van der Waals surface area (Å²) < 4.78 is 1.13. The first-order valence-electron chi connectivity index (χ1n) is 4.83. The predicted molar refractivity (Wildman–Crippen MR) is 68.1 cm³/mol. The Morgan fingerprint density at radius 2 is 2.33 bits per heavy atom. The molecule has 0 fully saturated rings. The molecule has 0 spiro atoms. The largest absolute Gasteiger partial charge is 0.301 e. The van der Waals surface area contributed by atoms with Crippen molar-refractivity contribution in [2.75, 3.05) is 6.54 Å². The maximum Gasteiger partial charge on any atom is 0.0924 e. The van der Waals surface area contributed by atoms with E-state index in [0.717, 1.165) is 11.0 Å². The maximum absolute atomic E-state index is 8.69. The second-order valence-corrected chi connectivity index (χ2v) is 6.07. The van der Waals surface area contributed by atoms with Crippen LogP contribution in [0.5, 0.6) is 0 Å². The van der Waals surface area contributed by atoms with Crippen molar-refractivity contribution in [1.29, 1.82) is 5.26 Å². The zero-order chi connectivity index (χ0) is 11.5. The minimum Gasteiger partial charge on any atom is -0.301 e. The van der Waals surface area contributed by atoms with Crippen LogP contribution in [0.4, 0.5) is 0 Å². The second kappa shape index (κ2) is 5.11. The minimum absolute atomic E-state index is 0.0712. The van der Waals surface area contributed by atoms with E-state index in [1.807, 2.05) is 6.92 Å². The van der Waals surface area contributed by atoms with Gasteiger partial charge in [-0.2, -0.15) is 5.26 Å². The van der Waals surface area contributed by atoms with Crippen LogP contribution in [0.25, 0.3) is 0 Å². The van der Waals surface area contributed by atoms with Crippen LogP contribution in [0.15, 0.2) is 15.9 Å². The normalized spacial score (nSPS) is 13.5. The summed E-state index contributed by atoms with van der Waals surface area (Å²) in [6.45, 7) is 7.06. The van der Waals surface area contributed by atoms with Crippen LogP contribution in [0, 0.1) is 11.3 Å². The molecular weight excluding hydrogens is 272 g/mol. The number of halogens is 1. The van der Waals surface area contributed by atoms with Crippen LogP contribution in [0.3, 0.4) is 0 Å². The zero-order valence-electron chi connectivity index (χ0n) is 9.17. The van der Waals surface area contributed by atoms with Crippen molar-refractivity contribution in [3.63, 3.8) is 0 Å². The number of hydrogen-bond acceptors (Lipinski definition) is 3. The highest BCUT2D eigenvalue weighted by molar-refractivity contribution is 9.10. The fourth-order valence-electron chi connectivity index (χ4n) is 1.21. The molecule has 0 aliphatic heterocycles. The van der Waals surface area contributed by atoms with E-state index in [4.69, 9.17) is 5.26 Å². The molecule has 2 nitrogen and oxygen atoms in total. The van der Waals surface area contributed by atoms with Crippen LogP contribution in [0.1, 0.15) is 25.6 Å². The number of nitrogens with one attached hydrogen (secondary N) is 1. The van der Waals surface area contributed by atoms with E-state index in [9.17, 15) is 0 Å². The molecule has 0 aliphatic carbocycles. The third-order valence-corrected chi connectivity index (χ3v) is 4.34. The quantitative estimate of drug-likeness (QED) is 0.922. The monoisotopic (exact) mass is 286 g/mol. The van der Waals surface area contributed by atoms with E-state index in [0.29, 0.717) is 0 Å². The molecule has 1 heterocycles. The van der Waals surface area contributed by atoms with Gasteiger partial charge in [0.1, 0.15) is 0 Å². The van der Waals surface area contributed by atoms with Crippen molar-refractivity contribution in [2.24, 2.45) is 0 Å². The zero-order valence-corrected chi connectivity index (χ0v) is 11.6. The standard InChI is InChI=1S/C11H15BrN2S/c1-8(5-13)14-7-11(2,3)10-4-9(12)6-15-10/h4,6,8,14H,7H2,1-3H3. The smallest absolute Gasteiger partial charge is 0.0924 e. The molecule has 0 aliphatic rings. The maximum atomic E-state index is 8.69. The highest BCUT2D eigenvalue weighted by atomic mass is 79.9. The van der Waals surface area contributed by atoms with Crippen LogP contribution < -0.4 is 5.32 Å². The summed E-state index contributed by atoms with van der Waals surface area (Å²) in [6, 6.07) is 4.23. The van der Waals surface area contributed by atoms with E-state index >= 15 is 0 Å². The van der Waals surface area contributed by atoms with Gasteiger partial charge in [0.05, 0.1) is 12.1 Å². The summed E-state index contributed by atoms with van der Waals surface area (Å²) in [7, 11) is 0. The van der Waals surface area contributed by atoms with Crippen molar-refractivity contribution in [1.82, 2.24) is 5.32 Å². The van der Waals surface area contributed by atoms with E-state index in [1.54, 1.807) is 11.3 Å². The SMILES string of the molecule is CC(C#N)NCC(C)(C)c1cc(Br)cs1. The van der Waals surface area contributed by atoms with Crippen molar-refractivity contribution in [2.45, 2.75) is 32.2 Å². The average Bonchev–Trinajstić information content (AvgIpc) is 2.62. The van der Waals surface area contributed by atoms with Gasteiger partial charge in [0.15, 0.2) is 0 Å². The molecule has 1 unspecified atom stereocenters. The van der Waals surface area contributed by atoms with E-state index in [-0.39, 0.29) is 11.5 Å². The van der Waals surface area contributed by atoms with Gasteiger partial charge < -0.3 is 5.32 Å². The second-order valence-electron chi connectivity index (χ2n) is 4.24. The lowest BCUT2D eigenvalue weighted by Crippen LogP contribution is -2.36. The fraction of sp³-hybridized carbons (Fsp3) is 0.545. The predicted octanol–water partition coefficient (Wildman–Crippen LogP) is 3.29. The Hall–Kier alpha value is -0.370. The summed E-state index contributed by atoms with van der Waals surface area (Å²) in [6.07, 6.45) is 0. The molecule has 82 valence electrons. The van der Waals surface area contributed by atoms with E-state index < -0.39 is 0 Å². The number of rotatable bonds is 4. The van der Waals surface area contributed by atoms with Gasteiger partial charge in [-0.1, -0.05) is 13.8 Å².